The number of hydrogen-bond donors (Lipinski definition) is 0. The summed E-state index contributed by atoms with van der Waals surface area (Å²) in [6, 6.07) is 2.65. The number of anilines is 1. The Morgan fingerprint density at radius 1 is 1.56 bits per heavy atom. The topological polar surface area (TPSA) is 38.8 Å². The molecule has 0 aliphatic carbocycles. The standard InChI is InChI=1S/C11H8BrFINO3/c12-5-1-9-7(2-6(5)13)15-8(4-17-9)10(3-14)18-11(15)16/h1-2,8,10H,3-4H2/t8-,10-/m0/s1. The summed E-state index contributed by atoms with van der Waals surface area (Å²) >= 11 is 5.26. The Hall–Kier alpha value is -0.570. The van der Waals surface area contributed by atoms with E-state index in [0.29, 0.717) is 26.9 Å². The molecule has 1 aromatic rings. The lowest BCUT2D eigenvalue weighted by molar-refractivity contribution is 0.136. The molecule has 4 nitrogen and oxygen atoms in total. The number of ether oxygens (including phenoxy) is 2. The highest BCUT2D eigenvalue weighted by molar-refractivity contribution is 14.1. The normalized spacial score (nSPS) is 25.3. The van der Waals surface area contributed by atoms with Crippen molar-refractivity contribution >= 4 is 50.3 Å². The van der Waals surface area contributed by atoms with E-state index in [1.165, 1.54) is 17.0 Å². The molecular formula is C11H8BrFINO3. The van der Waals surface area contributed by atoms with Crippen LogP contribution < -0.4 is 9.64 Å². The van der Waals surface area contributed by atoms with Crippen molar-refractivity contribution in [3.05, 3.63) is 22.4 Å². The molecule has 0 unspecified atom stereocenters. The number of carbonyl (C=O) groups is 1. The Kier molecular flexibility index (Phi) is 3.13. The number of nitrogens with zero attached hydrogens (tertiary/aromatic N) is 1. The van der Waals surface area contributed by atoms with Gasteiger partial charge in [-0.25, -0.2) is 9.18 Å². The Morgan fingerprint density at radius 2 is 2.33 bits per heavy atom. The third kappa shape index (κ3) is 1.78. The molecule has 0 spiro atoms. The van der Waals surface area contributed by atoms with Crippen molar-refractivity contribution in [2.75, 3.05) is 15.9 Å². The lowest BCUT2D eigenvalue weighted by atomic mass is 10.1. The number of halogens is 3. The zero-order valence-electron chi connectivity index (χ0n) is 9.03. The Morgan fingerprint density at radius 3 is 3.06 bits per heavy atom. The van der Waals surface area contributed by atoms with Gasteiger partial charge in [-0.15, -0.1) is 0 Å². The summed E-state index contributed by atoms with van der Waals surface area (Å²) in [5.74, 6) is 0.0642. The largest absolute Gasteiger partial charge is 0.489 e. The van der Waals surface area contributed by atoms with Gasteiger partial charge >= 0.3 is 6.09 Å². The molecule has 7 heteroatoms. The summed E-state index contributed by atoms with van der Waals surface area (Å²) in [5, 5.41) is 0. The van der Waals surface area contributed by atoms with Gasteiger partial charge in [-0.05, 0) is 22.0 Å². The first-order valence-corrected chi connectivity index (χ1v) is 7.61. The molecule has 2 heterocycles. The van der Waals surface area contributed by atoms with Gasteiger partial charge in [0.1, 0.15) is 30.3 Å². The van der Waals surface area contributed by atoms with Gasteiger partial charge in [0.05, 0.1) is 10.2 Å². The average molecular weight is 428 g/mol. The van der Waals surface area contributed by atoms with Crippen molar-refractivity contribution in [3.63, 3.8) is 0 Å². The number of carbonyl (C=O) groups excluding carboxylic acids is 1. The van der Waals surface area contributed by atoms with Gasteiger partial charge < -0.3 is 9.47 Å². The van der Waals surface area contributed by atoms with E-state index in [4.69, 9.17) is 9.47 Å². The van der Waals surface area contributed by atoms with Crippen LogP contribution in [0.1, 0.15) is 0 Å². The molecule has 1 aromatic carbocycles. The molecule has 18 heavy (non-hydrogen) atoms. The Bertz CT molecular complexity index is 527. The number of amides is 1. The fraction of sp³-hybridized carbons (Fsp3) is 0.364. The van der Waals surface area contributed by atoms with E-state index in [0.717, 1.165) is 0 Å². The molecule has 0 N–H and O–H groups in total. The van der Waals surface area contributed by atoms with Gasteiger partial charge in [-0.1, -0.05) is 22.6 Å². The summed E-state index contributed by atoms with van der Waals surface area (Å²) in [5.41, 5.74) is 0.435. The zero-order chi connectivity index (χ0) is 12.9. The van der Waals surface area contributed by atoms with Crippen LogP contribution in [0.2, 0.25) is 0 Å². The van der Waals surface area contributed by atoms with Crippen LogP contribution in [0.25, 0.3) is 0 Å². The van der Waals surface area contributed by atoms with E-state index in [2.05, 4.69) is 38.5 Å². The van der Waals surface area contributed by atoms with E-state index in [-0.39, 0.29) is 12.1 Å². The van der Waals surface area contributed by atoms with Crippen LogP contribution in [0.4, 0.5) is 14.9 Å². The first kappa shape index (κ1) is 12.5. The second kappa shape index (κ2) is 4.52. The molecule has 1 amide bonds. The van der Waals surface area contributed by atoms with Gasteiger partial charge in [0.15, 0.2) is 0 Å². The highest BCUT2D eigenvalue weighted by Crippen LogP contribution is 2.41. The number of fused-ring (bicyclic) bond motifs is 3. The van der Waals surface area contributed by atoms with Crippen LogP contribution in [0.5, 0.6) is 5.75 Å². The maximum Gasteiger partial charge on any atom is 0.415 e. The maximum atomic E-state index is 13.6. The second-order valence-electron chi connectivity index (χ2n) is 4.06. The third-order valence-corrected chi connectivity index (χ3v) is 4.51. The minimum Gasteiger partial charge on any atom is -0.489 e. The molecule has 2 aliphatic heterocycles. The van der Waals surface area contributed by atoms with Crippen LogP contribution >= 0.6 is 38.5 Å². The van der Waals surface area contributed by atoms with Crippen molar-refractivity contribution in [1.29, 1.82) is 0 Å². The summed E-state index contributed by atoms with van der Waals surface area (Å²) in [6.07, 6.45) is -0.647. The van der Waals surface area contributed by atoms with E-state index >= 15 is 0 Å². The molecular weight excluding hydrogens is 420 g/mol. The molecule has 0 saturated carbocycles. The molecule has 0 bridgehead atoms. The number of benzene rings is 1. The van der Waals surface area contributed by atoms with Crippen LogP contribution in [-0.2, 0) is 4.74 Å². The second-order valence-corrected chi connectivity index (χ2v) is 5.79. The molecule has 3 rings (SSSR count). The van der Waals surface area contributed by atoms with Crippen molar-refractivity contribution in [3.8, 4) is 5.75 Å². The SMILES string of the molecule is O=C1O[C@@H](CI)[C@@H]2COc3cc(Br)c(F)cc3N12. The number of rotatable bonds is 1. The van der Waals surface area contributed by atoms with Crippen LogP contribution in [-0.4, -0.2) is 29.3 Å². The number of cyclic esters (lactones) is 1. The predicted octanol–water partition coefficient (Wildman–Crippen LogP) is 3.11. The van der Waals surface area contributed by atoms with Crippen LogP contribution in [0, 0.1) is 5.82 Å². The third-order valence-electron chi connectivity index (χ3n) is 3.03. The van der Waals surface area contributed by atoms with E-state index in [1.54, 1.807) is 0 Å². The smallest absolute Gasteiger partial charge is 0.415 e. The molecule has 96 valence electrons. The molecule has 0 aromatic heterocycles. The summed E-state index contributed by atoms with van der Waals surface area (Å²) in [6.45, 7) is 0.366. The van der Waals surface area contributed by atoms with Crippen molar-refractivity contribution in [2.24, 2.45) is 0 Å². The monoisotopic (exact) mass is 427 g/mol. The van der Waals surface area contributed by atoms with E-state index in [1.807, 2.05) is 0 Å². The number of alkyl halides is 1. The lowest BCUT2D eigenvalue weighted by Gasteiger charge is -2.31. The summed E-state index contributed by atoms with van der Waals surface area (Å²) in [4.78, 5) is 13.3. The minimum atomic E-state index is -0.437. The quantitative estimate of drug-likeness (QED) is 0.510. The molecule has 1 fully saturated rings. The van der Waals surface area contributed by atoms with Crippen molar-refractivity contribution in [1.82, 2.24) is 0 Å². The minimum absolute atomic E-state index is 0.178. The average Bonchev–Trinajstić information content (AvgIpc) is 2.68. The van der Waals surface area contributed by atoms with Gasteiger partial charge in [0.2, 0.25) is 0 Å². The summed E-state index contributed by atoms with van der Waals surface area (Å²) in [7, 11) is 0. The van der Waals surface area contributed by atoms with Gasteiger partial charge in [-0.2, -0.15) is 0 Å². The zero-order valence-corrected chi connectivity index (χ0v) is 12.8. The fourth-order valence-electron chi connectivity index (χ4n) is 2.16. The fourth-order valence-corrected chi connectivity index (χ4v) is 3.25. The highest BCUT2D eigenvalue weighted by atomic mass is 127. The van der Waals surface area contributed by atoms with Gasteiger partial charge in [0, 0.05) is 10.5 Å². The lowest BCUT2D eigenvalue weighted by Crippen LogP contribution is -2.45. The number of hydrogen-bond acceptors (Lipinski definition) is 3. The Balaban J connectivity index is 2.07. The van der Waals surface area contributed by atoms with Gasteiger partial charge in [-0.3, -0.25) is 4.90 Å². The van der Waals surface area contributed by atoms with Crippen LogP contribution in [0.3, 0.4) is 0 Å². The first-order valence-electron chi connectivity index (χ1n) is 5.29. The van der Waals surface area contributed by atoms with E-state index in [9.17, 15) is 9.18 Å². The van der Waals surface area contributed by atoms with Crippen molar-refractivity contribution in [2.45, 2.75) is 12.1 Å². The van der Waals surface area contributed by atoms with Gasteiger partial charge in [0.25, 0.3) is 0 Å². The first-order chi connectivity index (χ1) is 8.61. The highest BCUT2D eigenvalue weighted by Gasteiger charge is 2.46. The molecule has 2 aliphatic rings. The van der Waals surface area contributed by atoms with Crippen molar-refractivity contribution < 1.29 is 18.7 Å². The maximum absolute atomic E-state index is 13.6. The molecule has 0 radical (unpaired) electrons. The van der Waals surface area contributed by atoms with E-state index < -0.39 is 11.9 Å². The predicted molar refractivity (Wildman–Crippen MR) is 75.0 cm³/mol. The van der Waals surface area contributed by atoms with Crippen LogP contribution in [0.15, 0.2) is 16.6 Å². The molecule has 1 saturated heterocycles. The molecule has 2 atom stereocenters. The summed E-state index contributed by atoms with van der Waals surface area (Å²) < 4.78 is 25.4. The Labute approximate surface area is 125 Å².